The second-order valence-electron chi connectivity index (χ2n) is 5.01. The standard InChI is InChI=1S/C13H23NO3S/c1-10(3-2-4-13(16)17)14-12(15)9-11-5-7-18-8-6-11/h10-11H,2-9H2,1H3,(H,14,15)(H,16,17). The summed E-state index contributed by atoms with van der Waals surface area (Å²) in [4.78, 5) is 22.2. The van der Waals surface area contributed by atoms with E-state index < -0.39 is 5.97 Å². The molecule has 1 heterocycles. The first kappa shape index (κ1) is 15.3. The number of hydrogen-bond acceptors (Lipinski definition) is 3. The van der Waals surface area contributed by atoms with E-state index in [1.165, 1.54) is 11.5 Å². The van der Waals surface area contributed by atoms with Crippen molar-refractivity contribution >= 4 is 23.6 Å². The maximum Gasteiger partial charge on any atom is 0.303 e. The van der Waals surface area contributed by atoms with Crippen LogP contribution in [-0.4, -0.2) is 34.5 Å². The number of rotatable bonds is 7. The first-order valence-corrected chi connectivity index (χ1v) is 7.82. The number of amides is 1. The summed E-state index contributed by atoms with van der Waals surface area (Å²) >= 11 is 1.97. The molecule has 0 radical (unpaired) electrons. The Bertz CT molecular complexity index is 277. The van der Waals surface area contributed by atoms with Crippen molar-refractivity contribution in [2.45, 2.75) is 51.5 Å². The Morgan fingerprint density at radius 2 is 2.06 bits per heavy atom. The van der Waals surface area contributed by atoms with Crippen molar-refractivity contribution in [3.63, 3.8) is 0 Å². The molecule has 1 aliphatic heterocycles. The molecular weight excluding hydrogens is 250 g/mol. The molecule has 4 nitrogen and oxygen atoms in total. The Labute approximate surface area is 113 Å². The number of carboxylic acid groups (broad SMARTS) is 1. The molecule has 1 rings (SSSR count). The van der Waals surface area contributed by atoms with Gasteiger partial charge in [-0.05, 0) is 50.0 Å². The zero-order chi connectivity index (χ0) is 13.4. The zero-order valence-corrected chi connectivity index (χ0v) is 11.8. The van der Waals surface area contributed by atoms with Gasteiger partial charge >= 0.3 is 5.97 Å². The fraction of sp³-hybridized carbons (Fsp3) is 0.846. The molecule has 0 aromatic carbocycles. The lowest BCUT2D eigenvalue weighted by Gasteiger charge is -2.22. The van der Waals surface area contributed by atoms with Crippen molar-refractivity contribution in [3.05, 3.63) is 0 Å². The van der Waals surface area contributed by atoms with Gasteiger partial charge in [0, 0.05) is 18.9 Å². The first-order chi connectivity index (χ1) is 8.58. The van der Waals surface area contributed by atoms with Gasteiger partial charge in [0.25, 0.3) is 0 Å². The van der Waals surface area contributed by atoms with Crippen molar-refractivity contribution in [2.24, 2.45) is 5.92 Å². The molecule has 104 valence electrons. The van der Waals surface area contributed by atoms with Crippen molar-refractivity contribution in [2.75, 3.05) is 11.5 Å². The highest BCUT2D eigenvalue weighted by Crippen LogP contribution is 2.25. The molecule has 0 saturated carbocycles. The van der Waals surface area contributed by atoms with Gasteiger partial charge in [-0.15, -0.1) is 0 Å². The van der Waals surface area contributed by atoms with E-state index in [0.29, 0.717) is 18.8 Å². The summed E-state index contributed by atoms with van der Waals surface area (Å²) in [5, 5.41) is 11.5. The predicted molar refractivity (Wildman–Crippen MR) is 73.8 cm³/mol. The lowest BCUT2D eigenvalue weighted by Crippen LogP contribution is -2.34. The third kappa shape index (κ3) is 6.89. The fourth-order valence-corrected chi connectivity index (χ4v) is 3.38. The van der Waals surface area contributed by atoms with Gasteiger partial charge in [-0.2, -0.15) is 11.8 Å². The van der Waals surface area contributed by atoms with Gasteiger partial charge < -0.3 is 10.4 Å². The minimum Gasteiger partial charge on any atom is -0.481 e. The van der Waals surface area contributed by atoms with E-state index in [4.69, 9.17) is 5.11 Å². The van der Waals surface area contributed by atoms with Crippen molar-refractivity contribution in [3.8, 4) is 0 Å². The third-order valence-electron chi connectivity index (χ3n) is 3.25. The van der Waals surface area contributed by atoms with E-state index in [1.54, 1.807) is 0 Å². The number of carbonyl (C=O) groups excluding carboxylic acids is 1. The maximum absolute atomic E-state index is 11.8. The second-order valence-corrected chi connectivity index (χ2v) is 6.24. The summed E-state index contributed by atoms with van der Waals surface area (Å²) < 4.78 is 0. The quantitative estimate of drug-likeness (QED) is 0.747. The number of carboxylic acids is 1. The highest BCUT2D eigenvalue weighted by atomic mass is 32.2. The summed E-state index contributed by atoms with van der Waals surface area (Å²) in [6.07, 6.45) is 4.45. The molecule has 18 heavy (non-hydrogen) atoms. The maximum atomic E-state index is 11.8. The predicted octanol–water partition coefficient (Wildman–Crippen LogP) is 2.28. The molecule has 1 fully saturated rings. The van der Waals surface area contributed by atoms with E-state index in [0.717, 1.165) is 19.3 Å². The van der Waals surface area contributed by atoms with Crippen LogP contribution < -0.4 is 5.32 Å². The molecular formula is C13H23NO3S. The monoisotopic (exact) mass is 273 g/mol. The topological polar surface area (TPSA) is 66.4 Å². The second kappa shape index (κ2) is 8.40. The summed E-state index contributed by atoms with van der Waals surface area (Å²) in [6, 6.07) is 0.0785. The van der Waals surface area contributed by atoms with Gasteiger partial charge in [-0.1, -0.05) is 0 Å². The van der Waals surface area contributed by atoms with Crippen LogP contribution in [0.2, 0.25) is 0 Å². The van der Waals surface area contributed by atoms with Gasteiger partial charge in [-0.25, -0.2) is 0 Å². The molecule has 0 spiro atoms. The van der Waals surface area contributed by atoms with Gasteiger partial charge in [0.15, 0.2) is 0 Å². The average molecular weight is 273 g/mol. The van der Waals surface area contributed by atoms with Crippen molar-refractivity contribution in [1.82, 2.24) is 5.32 Å². The number of hydrogen-bond donors (Lipinski definition) is 2. The molecule has 1 aliphatic rings. The van der Waals surface area contributed by atoms with Crippen LogP contribution in [0.5, 0.6) is 0 Å². The van der Waals surface area contributed by atoms with Gasteiger partial charge in [0.2, 0.25) is 5.91 Å². The van der Waals surface area contributed by atoms with E-state index in [1.807, 2.05) is 18.7 Å². The highest BCUT2D eigenvalue weighted by Gasteiger charge is 2.18. The van der Waals surface area contributed by atoms with E-state index in [9.17, 15) is 9.59 Å². The summed E-state index contributed by atoms with van der Waals surface area (Å²) in [5.41, 5.74) is 0. The number of aliphatic carboxylic acids is 1. The Kier molecular flexibility index (Phi) is 7.16. The Hall–Kier alpha value is -0.710. The van der Waals surface area contributed by atoms with Crippen molar-refractivity contribution in [1.29, 1.82) is 0 Å². The lowest BCUT2D eigenvalue weighted by atomic mass is 9.98. The molecule has 0 bridgehead atoms. The van der Waals surface area contributed by atoms with Crippen LogP contribution in [0.1, 0.15) is 45.4 Å². The van der Waals surface area contributed by atoms with Crippen LogP contribution in [0.25, 0.3) is 0 Å². The van der Waals surface area contributed by atoms with E-state index in [2.05, 4.69) is 5.32 Å². The first-order valence-electron chi connectivity index (χ1n) is 6.67. The number of thioether (sulfide) groups is 1. The molecule has 0 aliphatic carbocycles. The van der Waals surface area contributed by atoms with Crippen LogP contribution in [-0.2, 0) is 9.59 Å². The van der Waals surface area contributed by atoms with E-state index in [-0.39, 0.29) is 18.4 Å². The third-order valence-corrected chi connectivity index (χ3v) is 4.30. The van der Waals surface area contributed by atoms with Crippen LogP contribution in [0, 0.1) is 5.92 Å². The Morgan fingerprint density at radius 3 is 2.67 bits per heavy atom. The van der Waals surface area contributed by atoms with E-state index >= 15 is 0 Å². The van der Waals surface area contributed by atoms with Crippen molar-refractivity contribution < 1.29 is 14.7 Å². The Balaban J connectivity index is 2.12. The van der Waals surface area contributed by atoms with Gasteiger partial charge in [0.05, 0.1) is 0 Å². The fourth-order valence-electron chi connectivity index (χ4n) is 2.18. The molecule has 0 aromatic rings. The molecule has 1 saturated heterocycles. The zero-order valence-electron chi connectivity index (χ0n) is 11.0. The molecule has 1 amide bonds. The summed E-state index contributed by atoms with van der Waals surface area (Å²) in [6.45, 7) is 1.94. The SMILES string of the molecule is CC(CCCC(=O)O)NC(=O)CC1CCSCC1. The number of nitrogens with one attached hydrogen (secondary N) is 1. The highest BCUT2D eigenvalue weighted by molar-refractivity contribution is 7.99. The normalized spacial score (nSPS) is 18.3. The molecule has 0 aromatic heterocycles. The average Bonchev–Trinajstić information content (AvgIpc) is 2.29. The minimum absolute atomic E-state index is 0.0785. The minimum atomic E-state index is -0.770. The molecule has 5 heteroatoms. The van der Waals surface area contributed by atoms with Crippen LogP contribution >= 0.6 is 11.8 Å². The van der Waals surface area contributed by atoms with Crippen LogP contribution in [0.4, 0.5) is 0 Å². The summed E-state index contributed by atoms with van der Waals surface area (Å²) in [7, 11) is 0. The Morgan fingerprint density at radius 1 is 1.39 bits per heavy atom. The lowest BCUT2D eigenvalue weighted by molar-refractivity contribution is -0.137. The van der Waals surface area contributed by atoms with Crippen LogP contribution in [0.3, 0.4) is 0 Å². The largest absolute Gasteiger partial charge is 0.481 e. The molecule has 1 atom stereocenters. The molecule has 1 unspecified atom stereocenters. The van der Waals surface area contributed by atoms with Crippen LogP contribution in [0.15, 0.2) is 0 Å². The summed E-state index contributed by atoms with van der Waals surface area (Å²) in [5.74, 6) is 2.23. The molecule has 2 N–H and O–H groups in total. The van der Waals surface area contributed by atoms with Gasteiger partial charge in [0.1, 0.15) is 0 Å². The smallest absolute Gasteiger partial charge is 0.303 e. The van der Waals surface area contributed by atoms with Gasteiger partial charge in [-0.3, -0.25) is 9.59 Å². The number of carbonyl (C=O) groups is 2.